The van der Waals surface area contributed by atoms with Crippen LogP contribution in [0.25, 0.3) is 0 Å². The van der Waals surface area contributed by atoms with E-state index in [0.29, 0.717) is 47.9 Å². The number of hydrogen-bond acceptors (Lipinski definition) is 11. The molecule has 6 rings (SSSR count). The van der Waals surface area contributed by atoms with Crippen LogP contribution in [-0.4, -0.2) is 72.7 Å². The first kappa shape index (κ1) is 43.1. The highest BCUT2D eigenvalue weighted by Crippen LogP contribution is 2.63. The first-order valence-electron chi connectivity index (χ1n) is 20.2. The zero-order valence-corrected chi connectivity index (χ0v) is 35.1. The molecule has 1 amide bonds. The second kappa shape index (κ2) is 19.5. The molecule has 1 saturated carbocycles. The molecule has 0 bridgehead atoms. The summed E-state index contributed by atoms with van der Waals surface area (Å²) >= 11 is 1.70. The van der Waals surface area contributed by atoms with Crippen molar-refractivity contribution in [1.29, 1.82) is 0 Å². The standard InChI is InChI=1S/C46H58N2O9S/c1-7-25-54-46-41(58-33-16-9-8-10-17-33)29-38(48-57-45(2,3)4)35-26-30(15-11-13-23-49)34(18-12-14-24-50)42(43(35)46)36-27-32(20-22-39(36)56-46)55-44(51)47-37-21-19-31(52-5)28-40(37)53-6/h7-10,16-17,19-22,26-28,30,34,41-43,49-50H,1,11-15,18,23-25,29H2,2-6H3,(H,47,51). The molecule has 0 saturated heterocycles. The van der Waals surface area contributed by atoms with Crippen LogP contribution in [0.5, 0.6) is 23.0 Å². The maximum atomic E-state index is 13.5. The lowest BCUT2D eigenvalue weighted by Gasteiger charge is -2.58. The lowest BCUT2D eigenvalue weighted by atomic mass is 9.56. The number of methoxy groups -OCH3 is 2. The molecule has 1 heterocycles. The smallest absolute Gasteiger partial charge is 0.417 e. The van der Waals surface area contributed by atoms with Crippen molar-refractivity contribution in [1.82, 2.24) is 0 Å². The quantitative estimate of drug-likeness (QED) is 0.0647. The predicted octanol–water partition coefficient (Wildman–Crippen LogP) is 9.54. The summed E-state index contributed by atoms with van der Waals surface area (Å²) < 4.78 is 31.1. The molecular weight excluding hydrogens is 757 g/mol. The van der Waals surface area contributed by atoms with Crippen LogP contribution in [0.4, 0.5) is 10.5 Å². The van der Waals surface area contributed by atoms with Crippen LogP contribution in [0.1, 0.15) is 77.2 Å². The van der Waals surface area contributed by atoms with E-state index in [0.717, 1.165) is 47.4 Å². The van der Waals surface area contributed by atoms with Crippen LogP contribution in [0.3, 0.4) is 0 Å². The number of fused-ring (bicyclic) bond motifs is 2. The van der Waals surface area contributed by atoms with E-state index in [-0.39, 0.29) is 48.7 Å². The van der Waals surface area contributed by atoms with E-state index in [4.69, 9.17) is 33.7 Å². The van der Waals surface area contributed by atoms with Crippen molar-refractivity contribution in [3.63, 3.8) is 0 Å². The Hall–Kier alpha value is -4.49. The topological polar surface area (TPSA) is 137 Å². The molecule has 3 aromatic carbocycles. The van der Waals surface area contributed by atoms with Crippen molar-refractivity contribution in [2.45, 2.75) is 93.2 Å². The molecule has 0 radical (unpaired) electrons. The molecule has 0 spiro atoms. The largest absolute Gasteiger partial charge is 0.497 e. The molecule has 0 aromatic heterocycles. The molecule has 1 aliphatic heterocycles. The number of anilines is 1. The number of ether oxygens (including phenoxy) is 5. The zero-order valence-electron chi connectivity index (χ0n) is 34.3. The van der Waals surface area contributed by atoms with Gasteiger partial charge in [-0.25, -0.2) is 4.79 Å². The van der Waals surface area contributed by atoms with Crippen molar-refractivity contribution < 1.29 is 43.5 Å². The number of benzene rings is 3. The van der Waals surface area contributed by atoms with Gasteiger partial charge in [0.1, 0.15) is 28.6 Å². The van der Waals surface area contributed by atoms with E-state index >= 15 is 0 Å². The molecule has 3 aliphatic rings. The summed E-state index contributed by atoms with van der Waals surface area (Å²) in [7, 11) is 3.09. The molecule has 6 unspecified atom stereocenters. The van der Waals surface area contributed by atoms with E-state index in [9.17, 15) is 15.0 Å². The molecule has 58 heavy (non-hydrogen) atoms. The summed E-state index contributed by atoms with van der Waals surface area (Å²) in [5, 5.41) is 27.2. The Bertz CT molecular complexity index is 1930. The molecule has 1 fully saturated rings. The number of carbonyl (C=O) groups is 1. The molecular formula is C46H58N2O9S. The van der Waals surface area contributed by atoms with E-state index < -0.39 is 17.5 Å². The summed E-state index contributed by atoms with van der Waals surface area (Å²) in [4.78, 5) is 20.7. The van der Waals surface area contributed by atoms with E-state index in [1.807, 2.05) is 51.1 Å². The molecule has 2 aliphatic carbocycles. The Kier molecular flexibility index (Phi) is 14.5. The van der Waals surface area contributed by atoms with Gasteiger partial charge in [-0.2, -0.15) is 0 Å². The van der Waals surface area contributed by atoms with Gasteiger partial charge in [-0.15, -0.1) is 18.3 Å². The molecule has 3 N–H and O–H groups in total. The van der Waals surface area contributed by atoms with Gasteiger partial charge in [0.25, 0.3) is 0 Å². The van der Waals surface area contributed by atoms with E-state index in [1.54, 1.807) is 49.2 Å². The number of amides is 1. The fourth-order valence-corrected chi connectivity index (χ4v) is 9.80. The van der Waals surface area contributed by atoms with Gasteiger partial charge in [0, 0.05) is 42.1 Å². The van der Waals surface area contributed by atoms with Gasteiger partial charge in [0.05, 0.1) is 43.4 Å². The lowest BCUT2D eigenvalue weighted by molar-refractivity contribution is -0.223. The summed E-state index contributed by atoms with van der Waals surface area (Å²) in [5.41, 5.74) is 2.69. The average molecular weight is 815 g/mol. The normalized spacial score (nSPS) is 24.1. The first-order valence-corrected chi connectivity index (χ1v) is 21.1. The molecule has 6 atom stereocenters. The number of aliphatic hydroxyl groups is 2. The number of hydrogen-bond donors (Lipinski definition) is 3. The fraction of sp³-hybridized carbons (Fsp3) is 0.478. The van der Waals surface area contributed by atoms with E-state index in [2.05, 4.69) is 30.1 Å². The third kappa shape index (κ3) is 9.85. The van der Waals surface area contributed by atoms with Crippen LogP contribution < -0.4 is 24.3 Å². The average Bonchev–Trinajstić information content (AvgIpc) is 3.21. The van der Waals surface area contributed by atoms with Gasteiger partial charge in [-0.3, -0.25) is 5.32 Å². The minimum atomic E-state index is -1.14. The van der Waals surface area contributed by atoms with Crippen LogP contribution in [0, 0.1) is 17.8 Å². The van der Waals surface area contributed by atoms with Crippen molar-refractivity contribution in [2.24, 2.45) is 22.9 Å². The number of carbonyl (C=O) groups excluding carboxylic acids is 1. The van der Waals surface area contributed by atoms with Gasteiger partial charge in [-0.05, 0) is 106 Å². The number of aliphatic hydroxyl groups excluding tert-OH is 2. The molecule has 3 aromatic rings. The first-order chi connectivity index (χ1) is 28.0. The van der Waals surface area contributed by atoms with Gasteiger partial charge in [0.15, 0.2) is 0 Å². The number of nitrogens with zero attached hydrogens (tertiary/aromatic N) is 1. The van der Waals surface area contributed by atoms with Gasteiger partial charge in [-0.1, -0.05) is 48.3 Å². The summed E-state index contributed by atoms with van der Waals surface area (Å²) in [6.07, 6.45) is 8.68. The van der Waals surface area contributed by atoms with Crippen molar-refractivity contribution in [3.8, 4) is 23.0 Å². The number of thioether (sulfide) groups is 1. The molecule has 11 nitrogen and oxygen atoms in total. The minimum Gasteiger partial charge on any atom is -0.497 e. The minimum absolute atomic E-state index is 0.0891. The predicted molar refractivity (Wildman–Crippen MR) is 227 cm³/mol. The van der Waals surface area contributed by atoms with Gasteiger partial charge >= 0.3 is 6.09 Å². The summed E-state index contributed by atoms with van der Waals surface area (Å²) in [6.45, 7) is 10.5. The summed E-state index contributed by atoms with van der Waals surface area (Å²) in [5.74, 6) is 0.578. The monoisotopic (exact) mass is 814 g/mol. The molecule has 312 valence electrons. The number of unbranched alkanes of at least 4 members (excludes halogenated alkanes) is 2. The Balaban J connectivity index is 1.50. The maximum Gasteiger partial charge on any atom is 0.417 e. The lowest BCUT2D eigenvalue weighted by Crippen LogP contribution is -2.64. The fourth-order valence-electron chi connectivity index (χ4n) is 8.49. The third-order valence-corrected chi connectivity index (χ3v) is 12.3. The highest BCUT2D eigenvalue weighted by atomic mass is 32.2. The highest BCUT2D eigenvalue weighted by molar-refractivity contribution is 8.00. The maximum absolute atomic E-state index is 13.5. The van der Waals surface area contributed by atoms with Crippen LogP contribution >= 0.6 is 11.8 Å². The van der Waals surface area contributed by atoms with Gasteiger partial charge < -0.3 is 38.7 Å². The second-order valence-electron chi connectivity index (χ2n) is 16.0. The Morgan fingerprint density at radius 2 is 1.72 bits per heavy atom. The van der Waals surface area contributed by atoms with Gasteiger partial charge in [0.2, 0.25) is 5.79 Å². The van der Waals surface area contributed by atoms with E-state index in [1.165, 1.54) is 7.11 Å². The number of nitrogens with one attached hydrogen (secondary N) is 1. The Labute approximate surface area is 346 Å². The number of allylic oxidation sites excluding steroid dienone is 1. The number of rotatable bonds is 18. The van der Waals surface area contributed by atoms with Crippen LogP contribution in [-0.2, 0) is 9.57 Å². The zero-order chi connectivity index (χ0) is 41.3. The SMILES string of the molecule is C=CCOC12Oc3ccc(OC(=O)Nc4ccc(OC)cc4OC)cc3C3C(CCCCO)C(CCCCO)C=C(C(=NOC(C)(C)C)CC1Sc1ccccc1)C32. The second-order valence-corrected chi connectivity index (χ2v) is 17.2. The van der Waals surface area contributed by atoms with Crippen molar-refractivity contribution >= 4 is 29.3 Å². The van der Waals surface area contributed by atoms with Crippen molar-refractivity contribution in [3.05, 3.63) is 96.6 Å². The summed E-state index contributed by atoms with van der Waals surface area (Å²) in [6, 6.07) is 20.9. The molecule has 12 heteroatoms. The van der Waals surface area contributed by atoms with Crippen LogP contribution in [0.15, 0.2) is 101 Å². The van der Waals surface area contributed by atoms with Crippen LogP contribution in [0.2, 0.25) is 0 Å². The highest BCUT2D eigenvalue weighted by Gasteiger charge is 2.64. The van der Waals surface area contributed by atoms with Crippen molar-refractivity contribution in [2.75, 3.05) is 39.4 Å². The Morgan fingerprint density at radius 1 is 0.983 bits per heavy atom. The Morgan fingerprint density at radius 3 is 2.41 bits per heavy atom. The third-order valence-electron chi connectivity index (χ3n) is 10.9. The number of oxime groups is 1.